The van der Waals surface area contributed by atoms with E-state index in [1.807, 2.05) is 24.3 Å². The van der Waals surface area contributed by atoms with Gasteiger partial charge in [-0.3, -0.25) is 4.98 Å². The molecule has 0 amide bonds. The van der Waals surface area contributed by atoms with E-state index < -0.39 is 5.97 Å². The minimum absolute atomic E-state index is 0.340. The molecule has 124 valence electrons. The van der Waals surface area contributed by atoms with Crippen molar-refractivity contribution in [2.45, 2.75) is 0 Å². The standard InChI is InChI=1S/C19H13ClN2O3/c1-24-19(23)16-9-14-15(22-16)7-12(20)8-18(14)25-17-4-2-3-11-10-21-6-5-13(11)17/h2-10,22H,1H3. The van der Waals surface area contributed by atoms with E-state index in [2.05, 4.69) is 9.97 Å². The van der Waals surface area contributed by atoms with Crippen molar-refractivity contribution < 1.29 is 14.3 Å². The number of nitrogens with one attached hydrogen (secondary N) is 1. The highest BCUT2D eigenvalue weighted by molar-refractivity contribution is 6.31. The van der Waals surface area contributed by atoms with Crippen molar-refractivity contribution in [3.63, 3.8) is 0 Å². The lowest BCUT2D eigenvalue weighted by molar-refractivity contribution is 0.0595. The van der Waals surface area contributed by atoms with Gasteiger partial charge in [-0.2, -0.15) is 0 Å². The highest BCUT2D eigenvalue weighted by Crippen LogP contribution is 2.36. The second-order valence-corrected chi connectivity index (χ2v) is 5.93. The van der Waals surface area contributed by atoms with E-state index in [0.717, 1.165) is 16.2 Å². The molecule has 0 spiro atoms. The van der Waals surface area contributed by atoms with E-state index in [-0.39, 0.29) is 0 Å². The van der Waals surface area contributed by atoms with E-state index in [0.29, 0.717) is 27.7 Å². The number of fused-ring (bicyclic) bond motifs is 2. The predicted octanol–water partition coefficient (Wildman–Crippen LogP) is 4.95. The second kappa shape index (κ2) is 6.11. The van der Waals surface area contributed by atoms with Gasteiger partial charge < -0.3 is 14.5 Å². The second-order valence-electron chi connectivity index (χ2n) is 5.49. The summed E-state index contributed by atoms with van der Waals surface area (Å²) in [6, 6.07) is 12.8. The molecule has 2 aromatic carbocycles. The molecule has 4 rings (SSSR count). The molecule has 0 aliphatic rings. The maximum atomic E-state index is 11.8. The van der Waals surface area contributed by atoms with Gasteiger partial charge in [0.25, 0.3) is 0 Å². The number of halogens is 1. The number of hydrogen-bond acceptors (Lipinski definition) is 4. The van der Waals surface area contributed by atoms with E-state index in [4.69, 9.17) is 21.1 Å². The lowest BCUT2D eigenvalue weighted by Crippen LogP contribution is -2.00. The van der Waals surface area contributed by atoms with Crippen molar-refractivity contribution in [3.8, 4) is 11.5 Å². The van der Waals surface area contributed by atoms with Crippen LogP contribution in [0.2, 0.25) is 5.02 Å². The number of rotatable bonds is 3. The van der Waals surface area contributed by atoms with Crippen LogP contribution in [-0.2, 0) is 4.74 Å². The smallest absolute Gasteiger partial charge is 0.354 e. The summed E-state index contributed by atoms with van der Waals surface area (Å²) in [5.74, 6) is 0.789. The lowest BCUT2D eigenvalue weighted by atomic mass is 10.1. The third kappa shape index (κ3) is 2.79. The normalized spacial score (nSPS) is 11.0. The summed E-state index contributed by atoms with van der Waals surface area (Å²) in [6.45, 7) is 0. The molecule has 0 bridgehead atoms. The number of nitrogens with zero attached hydrogens (tertiary/aromatic N) is 1. The van der Waals surface area contributed by atoms with E-state index in [1.165, 1.54) is 7.11 Å². The molecule has 4 aromatic rings. The zero-order valence-corrected chi connectivity index (χ0v) is 14.0. The number of carbonyl (C=O) groups excluding carboxylic acids is 1. The first-order chi connectivity index (χ1) is 12.2. The minimum atomic E-state index is -0.450. The summed E-state index contributed by atoms with van der Waals surface area (Å²) in [5.41, 5.74) is 1.04. The third-order valence-corrected chi connectivity index (χ3v) is 4.15. The van der Waals surface area contributed by atoms with Crippen LogP contribution in [0.5, 0.6) is 11.5 Å². The molecule has 0 saturated heterocycles. The number of aromatic nitrogens is 2. The SMILES string of the molecule is COC(=O)c1cc2c(Oc3cccc4cnccc34)cc(Cl)cc2[nH]1. The van der Waals surface area contributed by atoms with Crippen molar-refractivity contribution in [3.05, 3.63) is 65.6 Å². The topological polar surface area (TPSA) is 64.2 Å². The Morgan fingerprint density at radius 1 is 1.12 bits per heavy atom. The summed E-state index contributed by atoms with van der Waals surface area (Å²) >= 11 is 6.20. The van der Waals surface area contributed by atoms with Crippen molar-refractivity contribution in [2.75, 3.05) is 7.11 Å². The first-order valence-corrected chi connectivity index (χ1v) is 7.94. The van der Waals surface area contributed by atoms with Gasteiger partial charge in [0.2, 0.25) is 0 Å². The highest BCUT2D eigenvalue weighted by Gasteiger charge is 2.15. The van der Waals surface area contributed by atoms with Gasteiger partial charge in [-0.1, -0.05) is 23.7 Å². The van der Waals surface area contributed by atoms with Gasteiger partial charge in [-0.15, -0.1) is 0 Å². The predicted molar refractivity (Wildman–Crippen MR) is 96.5 cm³/mol. The molecule has 2 heterocycles. The molecule has 5 nitrogen and oxygen atoms in total. The number of hydrogen-bond donors (Lipinski definition) is 1. The maximum Gasteiger partial charge on any atom is 0.354 e. The Bertz CT molecular complexity index is 1100. The van der Waals surface area contributed by atoms with Gasteiger partial charge in [-0.25, -0.2) is 4.79 Å². The summed E-state index contributed by atoms with van der Waals surface area (Å²) < 4.78 is 10.9. The first kappa shape index (κ1) is 15.5. The summed E-state index contributed by atoms with van der Waals surface area (Å²) in [7, 11) is 1.34. The van der Waals surface area contributed by atoms with Crippen LogP contribution in [0.4, 0.5) is 0 Å². The monoisotopic (exact) mass is 352 g/mol. The lowest BCUT2D eigenvalue weighted by Gasteiger charge is -2.10. The Labute approximate surface area is 148 Å². The Hall–Kier alpha value is -3.05. The van der Waals surface area contributed by atoms with Crippen LogP contribution < -0.4 is 4.74 Å². The van der Waals surface area contributed by atoms with Crippen LogP contribution >= 0.6 is 11.6 Å². The molecule has 1 N–H and O–H groups in total. The number of H-pyrrole nitrogens is 1. The fourth-order valence-corrected chi connectivity index (χ4v) is 2.98. The molecule has 0 radical (unpaired) electrons. The van der Waals surface area contributed by atoms with Crippen molar-refractivity contribution >= 4 is 39.2 Å². The molecular formula is C19H13ClN2O3. The number of ether oxygens (including phenoxy) is 2. The number of carbonyl (C=O) groups is 1. The molecule has 0 aliphatic heterocycles. The van der Waals surface area contributed by atoms with Gasteiger partial charge in [0.15, 0.2) is 0 Å². The molecule has 0 atom stereocenters. The Morgan fingerprint density at radius 3 is 2.84 bits per heavy atom. The number of benzene rings is 2. The summed E-state index contributed by atoms with van der Waals surface area (Å²) in [5, 5.41) is 3.16. The van der Waals surface area contributed by atoms with E-state index in [9.17, 15) is 4.79 Å². The van der Waals surface area contributed by atoms with Crippen molar-refractivity contribution in [1.82, 2.24) is 9.97 Å². The van der Waals surface area contributed by atoms with Crippen LogP contribution in [0.1, 0.15) is 10.5 Å². The molecule has 6 heteroatoms. The summed E-state index contributed by atoms with van der Waals surface area (Å²) in [4.78, 5) is 18.9. The van der Waals surface area contributed by atoms with Gasteiger partial charge in [0.1, 0.15) is 17.2 Å². The molecule has 25 heavy (non-hydrogen) atoms. The number of pyridine rings is 1. The van der Waals surface area contributed by atoms with Crippen molar-refractivity contribution in [1.29, 1.82) is 0 Å². The molecule has 0 fully saturated rings. The quantitative estimate of drug-likeness (QED) is 0.530. The number of aromatic amines is 1. The van der Waals surface area contributed by atoms with Gasteiger partial charge in [0.05, 0.1) is 12.6 Å². The van der Waals surface area contributed by atoms with Gasteiger partial charge >= 0.3 is 5.97 Å². The highest BCUT2D eigenvalue weighted by atomic mass is 35.5. The zero-order chi connectivity index (χ0) is 17.4. The molecule has 0 aliphatic carbocycles. The Balaban J connectivity index is 1.85. The largest absolute Gasteiger partial charge is 0.464 e. The van der Waals surface area contributed by atoms with Gasteiger partial charge in [0, 0.05) is 39.6 Å². The van der Waals surface area contributed by atoms with E-state index in [1.54, 1.807) is 30.6 Å². The first-order valence-electron chi connectivity index (χ1n) is 7.57. The van der Waals surface area contributed by atoms with E-state index >= 15 is 0 Å². The maximum absolute atomic E-state index is 11.8. The van der Waals surface area contributed by atoms with Crippen LogP contribution in [0.3, 0.4) is 0 Å². The molecule has 0 saturated carbocycles. The molecule has 2 aromatic heterocycles. The van der Waals surface area contributed by atoms with Crippen LogP contribution in [0.15, 0.2) is 54.9 Å². The van der Waals surface area contributed by atoms with Crippen LogP contribution in [0.25, 0.3) is 21.7 Å². The fraction of sp³-hybridized carbons (Fsp3) is 0.0526. The van der Waals surface area contributed by atoms with Gasteiger partial charge in [-0.05, 0) is 24.3 Å². The van der Waals surface area contributed by atoms with Crippen LogP contribution in [-0.4, -0.2) is 23.0 Å². The third-order valence-electron chi connectivity index (χ3n) is 3.93. The Kier molecular flexibility index (Phi) is 3.78. The number of methoxy groups -OCH3 is 1. The van der Waals surface area contributed by atoms with Crippen molar-refractivity contribution in [2.24, 2.45) is 0 Å². The fourth-order valence-electron chi connectivity index (χ4n) is 2.78. The molecule has 0 unspecified atom stereocenters. The molecular weight excluding hydrogens is 340 g/mol. The summed E-state index contributed by atoms with van der Waals surface area (Å²) in [6.07, 6.45) is 3.50. The van der Waals surface area contributed by atoms with Crippen LogP contribution in [0, 0.1) is 0 Å². The zero-order valence-electron chi connectivity index (χ0n) is 13.2. The average Bonchev–Trinajstić information content (AvgIpc) is 3.05. The average molecular weight is 353 g/mol. The minimum Gasteiger partial charge on any atom is -0.464 e. The Morgan fingerprint density at radius 2 is 2.00 bits per heavy atom. The number of esters is 1.